The molecule has 1 unspecified atom stereocenters. The van der Waals surface area contributed by atoms with Crippen LogP contribution in [0.15, 0.2) is 41.1 Å². The summed E-state index contributed by atoms with van der Waals surface area (Å²) in [6, 6.07) is 8.83. The number of halogens is 1. The van der Waals surface area contributed by atoms with Gasteiger partial charge >= 0.3 is 0 Å². The molecule has 1 aromatic carbocycles. The van der Waals surface area contributed by atoms with Gasteiger partial charge in [0.2, 0.25) is 0 Å². The van der Waals surface area contributed by atoms with Gasteiger partial charge in [-0.2, -0.15) is 0 Å². The summed E-state index contributed by atoms with van der Waals surface area (Å²) in [4.78, 5) is 12.8. The number of hydrogen-bond donors (Lipinski definition) is 2. The van der Waals surface area contributed by atoms with Crippen LogP contribution in [-0.2, 0) is 9.53 Å². The number of aliphatic hydroxyl groups is 1. The molecule has 30 heavy (non-hydrogen) atoms. The van der Waals surface area contributed by atoms with Gasteiger partial charge in [0.15, 0.2) is 6.61 Å². The molecule has 0 aliphatic rings. The molecule has 1 atom stereocenters. The third kappa shape index (κ3) is 10.7. The average Bonchev–Trinajstić information content (AvgIpc) is 3.23. The fraction of sp³-hybridized carbons (Fsp3) is 0.450. The van der Waals surface area contributed by atoms with Crippen LogP contribution >= 0.6 is 23.7 Å². The Bertz CT molecular complexity index is 702. The number of ether oxygens (including phenoxy) is 4. The number of nitrogens with two attached hydrogens (primary N) is 1. The Morgan fingerprint density at radius 1 is 1.07 bits per heavy atom. The minimum absolute atomic E-state index is 0. The van der Waals surface area contributed by atoms with Crippen molar-refractivity contribution in [3.05, 3.63) is 41.1 Å². The van der Waals surface area contributed by atoms with E-state index in [1.54, 1.807) is 42.7 Å². The molecule has 1 heterocycles. The molecule has 0 aliphatic carbocycles. The number of methoxy groups -OCH3 is 1. The number of carbonyl (C=O) groups is 1. The molecule has 2 aromatic rings. The lowest BCUT2D eigenvalue weighted by atomic mass is 10.3. The van der Waals surface area contributed by atoms with Crippen LogP contribution in [-0.4, -0.2) is 75.2 Å². The molecular formula is C20H29ClN2O6S. The van der Waals surface area contributed by atoms with E-state index in [4.69, 9.17) is 24.7 Å². The molecule has 0 spiro atoms. The number of benzene rings is 1. The van der Waals surface area contributed by atoms with Gasteiger partial charge in [0, 0.05) is 32.1 Å². The van der Waals surface area contributed by atoms with Crippen LogP contribution in [0.5, 0.6) is 17.2 Å². The fourth-order valence-electron chi connectivity index (χ4n) is 2.47. The lowest BCUT2D eigenvalue weighted by Gasteiger charge is -2.24. The van der Waals surface area contributed by atoms with Crippen LogP contribution in [0.25, 0.3) is 0 Å². The Labute approximate surface area is 186 Å². The van der Waals surface area contributed by atoms with Crippen LogP contribution in [0.4, 0.5) is 0 Å². The summed E-state index contributed by atoms with van der Waals surface area (Å²) in [6.45, 7) is 2.83. The summed E-state index contributed by atoms with van der Waals surface area (Å²) >= 11 is 1.55. The summed E-state index contributed by atoms with van der Waals surface area (Å²) in [6.07, 6.45) is -0.617. The molecule has 2 rings (SSSR count). The van der Waals surface area contributed by atoms with Crippen molar-refractivity contribution >= 4 is 29.7 Å². The monoisotopic (exact) mass is 460 g/mol. The maximum atomic E-state index is 10.7. The van der Waals surface area contributed by atoms with Crippen LogP contribution in [0.3, 0.4) is 0 Å². The number of thiophene rings is 1. The van der Waals surface area contributed by atoms with Crippen LogP contribution in [0.2, 0.25) is 0 Å². The van der Waals surface area contributed by atoms with Gasteiger partial charge in [0.1, 0.15) is 36.6 Å². The summed E-state index contributed by atoms with van der Waals surface area (Å²) in [5.41, 5.74) is 5.05. The van der Waals surface area contributed by atoms with Gasteiger partial charge in [-0.25, -0.2) is 0 Å². The summed E-state index contributed by atoms with van der Waals surface area (Å²) in [5, 5.41) is 14.1. The zero-order valence-electron chi connectivity index (χ0n) is 16.9. The second-order valence-electron chi connectivity index (χ2n) is 6.29. The number of aliphatic hydroxyl groups excluding tert-OH is 1. The third-order valence-corrected chi connectivity index (χ3v) is 4.56. The van der Waals surface area contributed by atoms with E-state index >= 15 is 0 Å². The highest BCUT2D eigenvalue weighted by molar-refractivity contribution is 7.08. The van der Waals surface area contributed by atoms with Crippen molar-refractivity contribution < 1.29 is 28.8 Å². The zero-order chi connectivity index (χ0) is 20.9. The lowest BCUT2D eigenvalue weighted by Crippen LogP contribution is -2.39. The van der Waals surface area contributed by atoms with Gasteiger partial charge in [0.05, 0.1) is 6.61 Å². The molecule has 0 bridgehead atoms. The topological polar surface area (TPSA) is 103 Å². The Morgan fingerprint density at radius 3 is 2.33 bits per heavy atom. The second kappa shape index (κ2) is 14.9. The minimum atomic E-state index is -0.617. The molecule has 168 valence electrons. The SMILES string of the molecule is COCCN(CCOc1ccc(OCC(N)=O)cc1)CC(O)COc1ccsc1.Cl. The lowest BCUT2D eigenvalue weighted by molar-refractivity contribution is -0.119. The Kier molecular flexibility index (Phi) is 12.9. The van der Waals surface area contributed by atoms with E-state index in [0.29, 0.717) is 44.3 Å². The fourth-order valence-corrected chi connectivity index (χ4v) is 3.04. The predicted octanol–water partition coefficient (Wildman–Crippen LogP) is 1.80. The average molecular weight is 461 g/mol. The molecule has 1 amide bonds. The van der Waals surface area contributed by atoms with E-state index in [1.807, 2.05) is 16.8 Å². The van der Waals surface area contributed by atoms with Crippen molar-refractivity contribution in [2.45, 2.75) is 6.10 Å². The van der Waals surface area contributed by atoms with E-state index in [2.05, 4.69) is 4.90 Å². The molecule has 0 saturated carbocycles. The molecule has 0 aliphatic heterocycles. The van der Waals surface area contributed by atoms with Gasteiger partial charge in [0.25, 0.3) is 5.91 Å². The van der Waals surface area contributed by atoms with Crippen molar-refractivity contribution in [2.75, 3.05) is 53.2 Å². The number of primary amides is 1. The first-order valence-electron chi connectivity index (χ1n) is 9.25. The molecule has 0 radical (unpaired) electrons. The van der Waals surface area contributed by atoms with E-state index in [0.717, 1.165) is 5.75 Å². The van der Waals surface area contributed by atoms with Gasteiger partial charge in [-0.05, 0) is 35.7 Å². The molecular weight excluding hydrogens is 432 g/mol. The van der Waals surface area contributed by atoms with Gasteiger partial charge in [-0.1, -0.05) is 0 Å². The van der Waals surface area contributed by atoms with Crippen LogP contribution in [0.1, 0.15) is 0 Å². The molecule has 3 N–H and O–H groups in total. The van der Waals surface area contributed by atoms with Crippen molar-refractivity contribution in [3.8, 4) is 17.2 Å². The highest BCUT2D eigenvalue weighted by Crippen LogP contribution is 2.17. The van der Waals surface area contributed by atoms with E-state index in [1.165, 1.54) is 0 Å². The van der Waals surface area contributed by atoms with Gasteiger partial charge < -0.3 is 29.8 Å². The number of nitrogens with zero attached hydrogens (tertiary/aromatic N) is 1. The molecule has 0 saturated heterocycles. The number of hydrogen-bond acceptors (Lipinski definition) is 8. The molecule has 8 nitrogen and oxygen atoms in total. The van der Waals surface area contributed by atoms with Crippen molar-refractivity contribution in [1.82, 2.24) is 4.90 Å². The third-order valence-electron chi connectivity index (χ3n) is 3.90. The Morgan fingerprint density at radius 2 is 1.73 bits per heavy atom. The largest absolute Gasteiger partial charge is 0.492 e. The number of amides is 1. The summed E-state index contributed by atoms with van der Waals surface area (Å²) in [7, 11) is 1.65. The summed E-state index contributed by atoms with van der Waals surface area (Å²) in [5.74, 6) is 1.48. The van der Waals surface area contributed by atoms with E-state index in [9.17, 15) is 9.90 Å². The quantitative estimate of drug-likeness (QED) is 0.417. The number of carbonyl (C=O) groups excluding carboxylic acids is 1. The molecule has 10 heteroatoms. The predicted molar refractivity (Wildman–Crippen MR) is 118 cm³/mol. The van der Waals surface area contributed by atoms with Crippen molar-refractivity contribution in [1.29, 1.82) is 0 Å². The van der Waals surface area contributed by atoms with E-state index < -0.39 is 12.0 Å². The smallest absolute Gasteiger partial charge is 0.255 e. The number of rotatable bonds is 15. The maximum Gasteiger partial charge on any atom is 0.255 e. The highest BCUT2D eigenvalue weighted by Gasteiger charge is 2.13. The van der Waals surface area contributed by atoms with Crippen LogP contribution in [0, 0.1) is 0 Å². The second-order valence-corrected chi connectivity index (χ2v) is 7.07. The Hall–Kier alpha value is -2.04. The first-order valence-corrected chi connectivity index (χ1v) is 10.2. The standard InChI is InChI=1S/C20H28N2O6S.ClH/c1-25-9-7-22(12-16(23)13-27-19-6-11-29-15-19)8-10-26-17-2-4-18(5-3-17)28-14-20(21)24;/h2-6,11,15-16,23H,7-10,12-14H2,1H3,(H2,21,24);1H. The van der Waals surface area contributed by atoms with Crippen molar-refractivity contribution in [3.63, 3.8) is 0 Å². The van der Waals surface area contributed by atoms with Gasteiger partial charge in [-0.3, -0.25) is 9.69 Å². The van der Waals surface area contributed by atoms with Gasteiger partial charge in [-0.15, -0.1) is 23.7 Å². The normalized spacial score (nSPS) is 11.6. The minimum Gasteiger partial charge on any atom is -0.492 e. The molecule has 0 fully saturated rings. The van der Waals surface area contributed by atoms with E-state index in [-0.39, 0.29) is 25.6 Å². The first kappa shape index (κ1) is 26.0. The van der Waals surface area contributed by atoms with Crippen LogP contribution < -0.4 is 19.9 Å². The maximum absolute atomic E-state index is 10.7. The first-order chi connectivity index (χ1) is 14.1. The van der Waals surface area contributed by atoms with Crippen molar-refractivity contribution in [2.24, 2.45) is 5.73 Å². The zero-order valence-corrected chi connectivity index (χ0v) is 18.5. The summed E-state index contributed by atoms with van der Waals surface area (Å²) < 4.78 is 21.7. The molecule has 1 aromatic heterocycles. The Balaban J connectivity index is 0.00000450. The highest BCUT2D eigenvalue weighted by atomic mass is 35.5.